The number of hydrogen-bond donors (Lipinski definition) is 1. The smallest absolute Gasteiger partial charge is 0.339 e. The van der Waals surface area contributed by atoms with Crippen LogP contribution in [0.2, 0.25) is 0 Å². The van der Waals surface area contributed by atoms with Gasteiger partial charge in [-0.25, -0.2) is 0 Å². The van der Waals surface area contributed by atoms with Gasteiger partial charge in [0.2, 0.25) is 0 Å². The fourth-order valence-electron chi connectivity index (χ4n) is 1.45. The van der Waals surface area contributed by atoms with Gasteiger partial charge in [0.25, 0.3) is 0 Å². The molecule has 0 amide bonds. The van der Waals surface area contributed by atoms with Crippen molar-refractivity contribution in [2.45, 2.75) is 11.8 Å². The Morgan fingerprint density at radius 2 is 1.74 bits per heavy atom. The third-order valence-electron chi connectivity index (χ3n) is 2.48. The van der Waals surface area contributed by atoms with E-state index in [-0.39, 0.29) is 16.3 Å². The van der Waals surface area contributed by atoms with Crippen LogP contribution in [0.5, 0.6) is 5.75 Å². The average molecular weight is 342 g/mol. The van der Waals surface area contributed by atoms with Crippen molar-refractivity contribution in [1.29, 1.82) is 0 Å². The molecule has 0 aliphatic carbocycles. The largest absolute Gasteiger partial charge is 0.396 e. The Bertz CT molecular complexity index is 696. The minimum absolute atomic E-state index is 0.0949. The third-order valence-corrected chi connectivity index (χ3v) is 4.23. The van der Waals surface area contributed by atoms with E-state index >= 15 is 0 Å². The van der Waals surface area contributed by atoms with Gasteiger partial charge in [0.1, 0.15) is 4.90 Å². The van der Waals surface area contributed by atoms with Crippen molar-refractivity contribution in [2.24, 2.45) is 0 Å². The van der Waals surface area contributed by atoms with Crippen molar-refractivity contribution >= 4 is 31.7 Å². The number of anilines is 1. The van der Waals surface area contributed by atoms with Gasteiger partial charge in [-0.3, -0.25) is 0 Å². The van der Waals surface area contributed by atoms with Crippen molar-refractivity contribution in [2.75, 3.05) is 5.73 Å². The molecule has 0 heterocycles. The second-order valence-corrected chi connectivity index (χ2v) is 6.49. The zero-order valence-corrected chi connectivity index (χ0v) is 12.5. The lowest BCUT2D eigenvalue weighted by molar-refractivity contribution is 0.487. The van der Waals surface area contributed by atoms with Gasteiger partial charge < -0.3 is 9.92 Å². The van der Waals surface area contributed by atoms with Gasteiger partial charge in [0, 0.05) is 4.47 Å². The quantitative estimate of drug-likeness (QED) is 0.687. The lowest BCUT2D eigenvalue weighted by atomic mass is 10.2. The number of aryl methyl sites for hydroxylation is 1. The summed E-state index contributed by atoms with van der Waals surface area (Å²) < 4.78 is 29.9. The van der Waals surface area contributed by atoms with Crippen LogP contribution >= 0.6 is 15.9 Å². The van der Waals surface area contributed by atoms with Gasteiger partial charge in [-0.15, -0.1) is 0 Å². The van der Waals surface area contributed by atoms with Gasteiger partial charge in [0.15, 0.2) is 5.75 Å². The van der Waals surface area contributed by atoms with Crippen LogP contribution in [0.4, 0.5) is 5.69 Å². The van der Waals surface area contributed by atoms with E-state index in [2.05, 4.69) is 15.9 Å². The lowest BCUT2D eigenvalue weighted by Crippen LogP contribution is -2.10. The number of rotatable bonds is 3. The Morgan fingerprint density at radius 3 is 2.37 bits per heavy atom. The standard InChI is InChI=1S/C13H12BrNO3S/c1-9-2-5-11(6-3-9)19(16,17)18-13-8-10(14)4-7-12(13)15/h2-8H,15H2,1H3. The van der Waals surface area contributed by atoms with Crippen LogP contribution in [0, 0.1) is 6.92 Å². The zero-order valence-electron chi connectivity index (χ0n) is 10.1. The molecule has 19 heavy (non-hydrogen) atoms. The molecule has 0 fully saturated rings. The molecule has 0 saturated heterocycles. The number of nitrogen functional groups attached to an aromatic ring is 1. The van der Waals surface area contributed by atoms with Gasteiger partial charge in [-0.05, 0) is 37.3 Å². The minimum Gasteiger partial charge on any atom is -0.396 e. The van der Waals surface area contributed by atoms with E-state index in [0.717, 1.165) is 5.56 Å². The second kappa shape index (κ2) is 5.22. The molecule has 0 aromatic heterocycles. The summed E-state index contributed by atoms with van der Waals surface area (Å²) in [6.07, 6.45) is 0. The highest BCUT2D eigenvalue weighted by molar-refractivity contribution is 9.10. The summed E-state index contributed by atoms with van der Waals surface area (Å²) in [4.78, 5) is 0.0949. The summed E-state index contributed by atoms with van der Waals surface area (Å²) in [5.41, 5.74) is 6.92. The van der Waals surface area contributed by atoms with E-state index in [1.54, 1.807) is 24.3 Å². The van der Waals surface area contributed by atoms with Crippen LogP contribution in [0.1, 0.15) is 5.56 Å². The second-order valence-electron chi connectivity index (χ2n) is 4.03. The average Bonchev–Trinajstić information content (AvgIpc) is 2.34. The fraction of sp³-hybridized carbons (Fsp3) is 0.0769. The summed E-state index contributed by atoms with van der Waals surface area (Å²) in [5.74, 6) is 0.106. The van der Waals surface area contributed by atoms with E-state index in [1.165, 1.54) is 18.2 Å². The molecule has 0 aliphatic rings. The molecule has 0 radical (unpaired) electrons. The first-order valence-electron chi connectivity index (χ1n) is 5.45. The molecule has 0 aliphatic heterocycles. The van der Waals surface area contributed by atoms with Gasteiger partial charge in [-0.2, -0.15) is 8.42 Å². The maximum absolute atomic E-state index is 12.1. The van der Waals surface area contributed by atoms with Crippen molar-refractivity contribution < 1.29 is 12.6 Å². The SMILES string of the molecule is Cc1ccc(S(=O)(=O)Oc2cc(Br)ccc2N)cc1. The topological polar surface area (TPSA) is 69.4 Å². The molecule has 0 spiro atoms. The minimum atomic E-state index is -3.87. The Labute approximate surface area is 120 Å². The van der Waals surface area contributed by atoms with Gasteiger partial charge >= 0.3 is 10.1 Å². The lowest BCUT2D eigenvalue weighted by Gasteiger charge is -2.09. The molecule has 2 aromatic rings. The number of benzene rings is 2. The molecule has 2 rings (SSSR count). The summed E-state index contributed by atoms with van der Waals surface area (Å²) in [7, 11) is -3.87. The van der Waals surface area contributed by atoms with E-state index in [0.29, 0.717) is 4.47 Å². The number of halogens is 1. The van der Waals surface area contributed by atoms with E-state index < -0.39 is 10.1 Å². The first-order valence-corrected chi connectivity index (χ1v) is 7.65. The van der Waals surface area contributed by atoms with Gasteiger partial charge in [-0.1, -0.05) is 33.6 Å². The molecule has 6 heteroatoms. The van der Waals surface area contributed by atoms with Crippen molar-refractivity contribution in [1.82, 2.24) is 0 Å². The van der Waals surface area contributed by atoms with Crippen LogP contribution < -0.4 is 9.92 Å². The molecular weight excluding hydrogens is 330 g/mol. The Hall–Kier alpha value is -1.53. The third kappa shape index (κ3) is 3.27. The molecule has 2 aromatic carbocycles. The van der Waals surface area contributed by atoms with Crippen LogP contribution in [0.15, 0.2) is 51.8 Å². The first-order chi connectivity index (χ1) is 8.88. The maximum Gasteiger partial charge on any atom is 0.339 e. The van der Waals surface area contributed by atoms with Crippen molar-refractivity contribution in [3.8, 4) is 5.75 Å². The Balaban J connectivity index is 2.36. The van der Waals surface area contributed by atoms with Crippen molar-refractivity contribution in [3.63, 3.8) is 0 Å². The summed E-state index contributed by atoms with van der Waals surface area (Å²) >= 11 is 3.24. The summed E-state index contributed by atoms with van der Waals surface area (Å²) in [6.45, 7) is 1.88. The highest BCUT2D eigenvalue weighted by Crippen LogP contribution is 2.28. The molecule has 0 bridgehead atoms. The molecular formula is C13H12BrNO3S. The number of nitrogens with two attached hydrogens (primary N) is 1. The predicted molar refractivity (Wildman–Crippen MR) is 77.5 cm³/mol. The zero-order chi connectivity index (χ0) is 14.0. The Kier molecular flexibility index (Phi) is 3.82. The normalized spacial score (nSPS) is 11.3. The molecule has 0 unspecified atom stereocenters. The van der Waals surface area contributed by atoms with E-state index in [1.807, 2.05) is 6.92 Å². The highest BCUT2D eigenvalue weighted by Gasteiger charge is 2.17. The fourth-order valence-corrected chi connectivity index (χ4v) is 2.74. The Morgan fingerprint density at radius 1 is 1.11 bits per heavy atom. The van der Waals surface area contributed by atoms with Crippen LogP contribution in [0.25, 0.3) is 0 Å². The highest BCUT2D eigenvalue weighted by atomic mass is 79.9. The van der Waals surface area contributed by atoms with Gasteiger partial charge in [0.05, 0.1) is 5.69 Å². The molecule has 2 N–H and O–H groups in total. The van der Waals surface area contributed by atoms with Crippen molar-refractivity contribution in [3.05, 3.63) is 52.5 Å². The summed E-state index contributed by atoms with van der Waals surface area (Å²) in [5, 5.41) is 0. The number of hydrogen-bond acceptors (Lipinski definition) is 4. The molecule has 0 atom stereocenters. The summed E-state index contributed by atoms with van der Waals surface area (Å²) in [6, 6.07) is 11.2. The van der Waals surface area contributed by atoms with Crippen LogP contribution in [0.3, 0.4) is 0 Å². The first kappa shape index (κ1) is 13.9. The van der Waals surface area contributed by atoms with E-state index in [9.17, 15) is 8.42 Å². The van der Waals surface area contributed by atoms with E-state index in [4.69, 9.17) is 9.92 Å². The maximum atomic E-state index is 12.1. The van der Waals surface area contributed by atoms with Crippen LogP contribution in [-0.4, -0.2) is 8.42 Å². The van der Waals surface area contributed by atoms with Crippen LogP contribution in [-0.2, 0) is 10.1 Å². The molecule has 100 valence electrons. The monoisotopic (exact) mass is 341 g/mol. The predicted octanol–water partition coefficient (Wildman–Crippen LogP) is 3.11. The molecule has 4 nitrogen and oxygen atoms in total. The molecule has 0 saturated carbocycles.